The molecule has 0 heterocycles. The van der Waals surface area contributed by atoms with Gasteiger partial charge in [0.05, 0.1) is 10.5 Å². The lowest BCUT2D eigenvalue weighted by molar-refractivity contribution is -0.385. The third-order valence-corrected chi connectivity index (χ3v) is 3.06. The maximum Gasteiger partial charge on any atom is 0.274 e. The van der Waals surface area contributed by atoms with Crippen molar-refractivity contribution in [3.63, 3.8) is 0 Å². The van der Waals surface area contributed by atoms with E-state index in [2.05, 4.69) is 5.32 Å². The highest BCUT2D eigenvalue weighted by Gasteiger charge is 2.16. The molecule has 0 radical (unpaired) electrons. The van der Waals surface area contributed by atoms with E-state index in [1.165, 1.54) is 12.1 Å². The number of nitro benzene ring substituents is 1. The van der Waals surface area contributed by atoms with Gasteiger partial charge in [0.1, 0.15) is 5.82 Å². The van der Waals surface area contributed by atoms with Crippen LogP contribution >= 0.6 is 0 Å². The van der Waals surface area contributed by atoms with E-state index in [1.807, 2.05) is 0 Å². The Labute approximate surface area is 120 Å². The van der Waals surface area contributed by atoms with E-state index >= 15 is 0 Å². The second-order valence-corrected chi connectivity index (χ2v) is 4.50. The monoisotopic (exact) mass is 288 g/mol. The van der Waals surface area contributed by atoms with Crippen LogP contribution in [0.4, 0.5) is 10.1 Å². The van der Waals surface area contributed by atoms with E-state index in [4.69, 9.17) is 0 Å². The molecule has 6 heteroatoms. The molecule has 0 aliphatic heterocycles. The number of amides is 1. The minimum absolute atomic E-state index is 0.0383. The predicted molar refractivity (Wildman–Crippen MR) is 75.4 cm³/mol. The van der Waals surface area contributed by atoms with Crippen LogP contribution in [0.1, 0.15) is 21.5 Å². The Morgan fingerprint density at radius 3 is 2.67 bits per heavy atom. The Kier molecular flexibility index (Phi) is 4.27. The van der Waals surface area contributed by atoms with Crippen LogP contribution in [0.2, 0.25) is 0 Å². The molecule has 2 aromatic rings. The summed E-state index contributed by atoms with van der Waals surface area (Å²) < 4.78 is 13.8. The summed E-state index contributed by atoms with van der Waals surface area (Å²) in [5, 5.41) is 13.4. The number of para-hydroxylation sites is 1. The number of hydrogen-bond donors (Lipinski definition) is 1. The molecular formula is C15H13FN2O3. The number of aryl methyl sites for hydroxylation is 1. The van der Waals surface area contributed by atoms with E-state index in [0.717, 1.165) is 0 Å². The van der Waals surface area contributed by atoms with Crippen molar-refractivity contribution in [2.75, 3.05) is 0 Å². The van der Waals surface area contributed by atoms with Crippen LogP contribution in [0.15, 0.2) is 42.5 Å². The lowest BCUT2D eigenvalue weighted by atomic mass is 10.1. The summed E-state index contributed by atoms with van der Waals surface area (Å²) in [5.74, 6) is -1.19. The SMILES string of the molecule is Cc1cccc(C(=O)NCc2ccccc2[N+](=O)[O-])c1F. The Morgan fingerprint density at radius 1 is 1.24 bits per heavy atom. The van der Waals surface area contributed by atoms with Gasteiger partial charge in [-0.25, -0.2) is 4.39 Å². The van der Waals surface area contributed by atoms with Gasteiger partial charge in [0.15, 0.2) is 0 Å². The van der Waals surface area contributed by atoms with Crippen LogP contribution in [0, 0.1) is 22.9 Å². The fourth-order valence-electron chi connectivity index (χ4n) is 1.93. The van der Waals surface area contributed by atoms with Gasteiger partial charge in [-0.1, -0.05) is 30.3 Å². The normalized spacial score (nSPS) is 10.2. The number of hydrogen-bond acceptors (Lipinski definition) is 3. The maximum atomic E-state index is 13.8. The molecule has 0 spiro atoms. The molecule has 0 fully saturated rings. The number of rotatable bonds is 4. The molecule has 2 aromatic carbocycles. The van der Waals surface area contributed by atoms with E-state index in [0.29, 0.717) is 11.1 Å². The van der Waals surface area contributed by atoms with E-state index in [9.17, 15) is 19.3 Å². The van der Waals surface area contributed by atoms with Crippen molar-refractivity contribution in [2.24, 2.45) is 0 Å². The summed E-state index contributed by atoms with van der Waals surface area (Å²) in [6.45, 7) is 1.53. The smallest absolute Gasteiger partial charge is 0.274 e. The molecule has 0 aromatic heterocycles. The van der Waals surface area contributed by atoms with Crippen LogP contribution < -0.4 is 5.32 Å². The number of nitro groups is 1. The van der Waals surface area contributed by atoms with Gasteiger partial charge >= 0.3 is 0 Å². The maximum absolute atomic E-state index is 13.8. The number of halogens is 1. The molecule has 0 saturated heterocycles. The predicted octanol–water partition coefficient (Wildman–Crippen LogP) is 2.97. The molecule has 2 rings (SSSR count). The number of carbonyl (C=O) groups is 1. The molecule has 0 bridgehead atoms. The zero-order chi connectivity index (χ0) is 15.4. The lowest BCUT2D eigenvalue weighted by Crippen LogP contribution is -2.24. The molecule has 0 aliphatic rings. The first-order valence-corrected chi connectivity index (χ1v) is 6.26. The van der Waals surface area contributed by atoms with E-state index in [-0.39, 0.29) is 17.8 Å². The Hall–Kier alpha value is -2.76. The average molecular weight is 288 g/mol. The van der Waals surface area contributed by atoms with Crippen LogP contribution in [-0.2, 0) is 6.54 Å². The molecule has 0 unspecified atom stereocenters. The van der Waals surface area contributed by atoms with E-state index in [1.54, 1.807) is 37.3 Å². The summed E-state index contributed by atoms with van der Waals surface area (Å²) in [4.78, 5) is 22.3. The summed E-state index contributed by atoms with van der Waals surface area (Å²) in [5.41, 5.74) is 0.577. The molecular weight excluding hydrogens is 275 g/mol. The van der Waals surface area contributed by atoms with Crippen molar-refractivity contribution < 1.29 is 14.1 Å². The van der Waals surface area contributed by atoms with Crippen molar-refractivity contribution in [1.82, 2.24) is 5.32 Å². The van der Waals surface area contributed by atoms with Crippen molar-refractivity contribution in [1.29, 1.82) is 0 Å². The highest BCUT2D eigenvalue weighted by Crippen LogP contribution is 2.18. The van der Waals surface area contributed by atoms with Crippen molar-refractivity contribution in [3.8, 4) is 0 Å². The average Bonchev–Trinajstić information content (AvgIpc) is 2.47. The number of nitrogens with one attached hydrogen (secondary N) is 1. The third-order valence-electron chi connectivity index (χ3n) is 3.06. The molecule has 0 atom stereocenters. The van der Waals surface area contributed by atoms with Crippen LogP contribution in [0.3, 0.4) is 0 Å². The second kappa shape index (κ2) is 6.13. The summed E-state index contributed by atoms with van der Waals surface area (Å²) in [6.07, 6.45) is 0. The topological polar surface area (TPSA) is 72.2 Å². The highest BCUT2D eigenvalue weighted by molar-refractivity contribution is 5.94. The summed E-state index contributed by atoms with van der Waals surface area (Å²) in [7, 11) is 0. The standard InChI is InChI=1S/C15H13FN2O3/c1-10-5-4-7-12(14(10)16)15(19)17-9-11-6-2-3-8-13(11)18(20)21/h2-8H,9H2,1H3,(H,17,19). The highest BCUT2D eigenvalue weighted by atomic mass is 19.1. The summed E-state index contributed by atoms with van der Waals surface area (Å²) >= 11 is 0. The minimum Gasteiger partial charge on any atom is -0.348 e. The Bertz CT molecular complexity index is 701. The first-order valence-electron chi connectivity index (χ1n) is 6.26. The fourth-order valence-corrected chi connectivity index (χ4v) is 1.93. The largest absolute Gasteiger partial charge is 0.348 e. The Morgan fingerprint density at radius 2 is 1.95 bits per heavy atom. The molecule has 21 heavy (non-hydrogen) atoms. The molecule has 1 N–H and O–H groups in total. The van der Waals surface area contributed by atoms with Gasteiger partial charge in [0, 0.05) is 18.2 Å². The molecule has 1 amide bonds. The van der Waals surface area contributed by atoms with Crippen LogP contribution in [0.5, 0.6) is 0 Å². The van der Waals surface area contributed by atoms with Gasteiger partial charge in [-0.3, -0.25) is 14.9 Å². The lowest BCUT2D eigenvalue weighted by Gasteiger charge is -2.08. The van der Waals surface area contributed by atoms with Crippen molar-refractivity contribution in [3.05, 3.63) is 75.1 Å². The van der Waals surface area contributed by atoms with E-state index < -0.39 is 16.6 Å². The zero-order valence-electron chi connectivity index (χ0n) is 11.3. The third kappa shape index (κ3) is 3.22. The van der Waals surface area contributed by atoms with Crippen molar-refractivity contribution >= 4 is 11.6 Å². The summed E-state index contributed by atoms with van der Waals surface area (Å²) in [6, 6.07) is 10.6. The minimum atomic E-state index is -0.602. The number of benzene rings is 2. The van der Waals surface area contributed by atoms with Gasteiger partial charge in [0.2, 0.25) is 0 Å². The number of nitrogens with zero attached hydrogens (tertiary/aromatic N) is 1. The van der Waals surface area contributed by atoms with Crippen LogP contribution in [-0.4, -0.2) is 10.8 Å². The van der Waals surface area contributed by atoms with Gasteiger partial charge in [-0.2, -0.15) is 0 Å². The van der Waals surface area contributed by atoms with Gasteiger partial charge < -0.3 is 5.32 Å². The zero-order valence-corrected chi connectivity index (χ0v) is 11.3. The fraction of sp³-hybridized carbons (Fsp3) is 0.133. The quantitative estimate of drug-likeness (QED) is 0.694. The van der Waals surface area contributed by atoms with Crippen molar-refractivity contribution in [2.45, 2.75) is 13.5 Å². The Balaban J connectivity index is 2.15. The van der Waals surface area contributed by atoms with Gasteiger partial charge in [-0.05, 0) is 18.6 Å². The van der Waals surface area contributed by atoms with Gasteiger partial charge in [0.25, 0.3) is 11.6 Å². The molecule has 108 valence electrons. The number of carbonyl (C=O) groups excluding carboxylic acids is 1. The molecule has 0 saturated carbocycles. The molecule has 5 nitrogen and oxygen atoms in total. The molecule has 0 aliphatic carbocycles. The first-order chi connectivity index (χ1) is 10.0. The van der Waals surface area contributed by atoms with Gasteiger partial charge in [-0.15, -0.1) is 0 Å². The second-order valence-electron chi connectivity index (χ2n) is 4.50. The first kappa shape index (κ1) is 14.6. The van der Waals surface area contributed by atoms with Crippen LogP contribution in [0.25, 0.3) is 0 Å².